The van der Waals surface area contributed by atoms with Crippen LogP contribution in [-0.2, 0) is 4.79 Å². The summed E-state index contributed by atoms with van der Waals surface area (Å²) in [6.45, 7) is 0.660. The summed E-state index contributed by atoms with van der Waals surface area (Å²) in [5.74, 6) is 0.465. The predicted octanol–water partition coefficient (Wildman–Crippen LogP) is 5.95. The van der Waals surface area contributed by atoms with E-state index in [-0.39, 0.29) is 0 Å². The highest BCUT2D eigenvalue weighted by atomic mass is 16.3. The lowest BCUT2D eigenvalue weighted by Crippen LogP contribution is -1.97. The standard InChI is InChI=1S/C22H44O3/c23-20-16-12-8-4-1-2-6-10-14-18-22(25)19-15-11-7-3-5-9-13-17-21-24/h23-24H,1-21H2. The predicted molar refractivity (Wildman–Crippen MR) is 107 cm³/mol. The van der Waals surface area contributed by atoms with Gasteiger partial charge in [-0.3, -0.25) is 4.79 Å². The summed E-state index contributed by atoms with van der Waals surface area (Å²) >= 11 is 0. The zero-order chi connectivity index (χ0) is 18.4. The molecule has 0 aliphatic heterocycles. The molecule has 3 nitrogen and oxygen atoms in total. The zero-order valence-corrected chi connectivity index (χ0v) is 16.7. The van der Waals surface area contributed by atoms with Gasteiger partial charge in [0.15, 0.2) is 0 Å². The van der Waals surface area contributed by atoms with E-state index in [2.05, 4.69) is 0 Å². The Kier molecular flexibility index (Phi) is 21.3. The molecule has 0 aromatic rings. The number of aliphatic hydroxyl groups is 2. The Bertz CT molecular complexity index is 266. The zero-order valence-electron chi connectivity index (χ0n) is 16.7. The molecule has 25 heavy (non-hydrogen) atoms. The van der Waals surface area contributed by atoms with Gasteiger partial charge in [0.2, 0.25) is 0 Å². The Morgan fingerprint density at radius 3 is 0.920 bits per heavy atom. The molecule has 3 heteroatoms. The van der Waals surface area contributed by atoms with Crippen LogP contribution in [0.3, 0.4) is 0 Å². The lowest BCUT2D eigenvalue weighted by Gasteiger charge is -2.03. The molecule has 0 aliphatic rings. The van der Waals surface area contributed by atoms with Gasteiger partial charge in [-0.2, -0.15) is 0 Å². The van der Waals surface area contributed by atoms with Crippen LogP contribution in [0.25, 0.3) is 0 Å². The van der Waals surface area contributed by atoms with Gasteiger partial charge >= 0.3 is 0 Å². The number of ketones is 1. The fourth-order valence-corrected chi connectivity index (χ4v) is 3.29. The molecule has 0 atom stereocenters. The maximum atomic E-state index is 11.8. The summed E-state index contributed by atoms with van der Waals surface area (Å²) in [4.78, 5) is 11.8. The minimum absolute atomic E-state index is 0.327. The van der Waals surface area contributed by atoms with Gasteiger partial charge in [0.1, 0.15) is 5.78 Å². The van der Waals surface area contributed by atoms with Crippen molar-refractivity contribution in [3.05, 3.63) is 0 Å². The third-order valence-electron chi connectivity index (χ3n) is 4.98. The topological polar surface area (TPSA) is 57.5 Å². The first-order valence-electron chi connectivity index (χ1n) is 11.0. The average Bonchev–Trinajstić information content (AvgIpc) is 2.62. The van der Waals surface area contributed by atoms with Gasteiger partial charge in [0.05, 0.1) is 0 Å². The number of rotatable bonds is 21. The third kappa shape index (κ3) is 21.5. The number of Topliss-reactive ketones (excluding diaryl/α,β-unsaturated/α-hetero) is 1. The molecule has 0 spiro atoms. The van der Waals surface area contributed by atoms with Crippen molar-refractivity contribution in [3.8, 4) is 0 Å². The molecule has 0 heterocycles. The second kappa shape index (κ2) is 21.6. The molecule has 0 bridgehead atoms. The molecule has 0 aromatic carbocycles. The van der Waals surface area contributed by atoms with Gasteiger partial charge in [-0.15, -0.1) is 0 Å². The maximum Gasteiger partial charge on any atom is 0.132 e. The number of hydrogen-bond acceptors (Lipinski definition) is 3. The number of carbonyl (C=O) groups is 1. The Balaban J connectivity index is 3.13. The number of hydrogen-bond donors (Lipinski definition) is 2. The number of aliphatic hydroxyl groups excluding tert-OH is 2. The van der Waals surface area contributed by atoms with Crippen LogP contribution in [-0.4, -0.2) is 29.2 Å². The van der Waals surface area contributed by atoms with E-state index in [0.717, 1.165) is 51.4 Å². The summed E-state index contributed by atoms with van der Waals surface area (Å²) in [7, 11) is 0. The largest absolute Gasteiger partial charge is 0.396 e. The molecule has 0 unspecified atom stereocenters. The van der Waals surface area contributed by atoms with Crippen molar-refractivity contribution < 1.29 is 15.0 Å². The molecule has 0 aliphatic carbocycles. The van der Waals surface area contributed by atoms with E-state index in [1.807, 2.05) is 0 Å². The minimum Gasteiger partial charge on any atom is -0.396 e. The van der Waals surface area contributed by atoms with Gasteiger partial charge in [-0.25, -0.2) is 0 Å². The highest BCUT2D eigenvalue weighted by Crippen LogP contribution is 2.13. The van der Waals surface area contributed by atoms with Gasteiger partial charge in [0.25, 0.3) is 0 Å². The molecule has 0 fully saturated rings. The van der Waals surface area contributed by atoms with Crippen molar-refractivity contribution in [2.24, 2.45) is 0 Å². The van der Waals surface area contributed by atoms with Crippen molar-refractivity contribution in [1.29, 1.82) is 0 Å². The van der Waals surface area contributed by atoms with Crippen LogP contribution in [0.5, 0.6) is 0 Å². The number of carbonyl (C=O) groups excluding carboxylic acids is 1. The highest BCUT2D eigenvalue weighted by molar-refractivity contribution is 5.78. The van der Waals surface area contributed by atoms with Crippen LogP contribution in [0.2, 0.25) is 0 Å². The van der Waals surface area contributed by atoms with E-state index in [9.17, 15) is 4.79 Å². The summed E-state index contributed by atoms with van der Waals surface area (Å²) < 4.78 is 0. The Labute approximate surface area is 156 Å². The van der Waals surface area contributed by atoms with Crippen molar-refractivity contribution in [1.82, 2.24) is 0 Å². The van der Waals surface area contributed by atoms with Crippen LogP contribution in [0.4, 0.5) is 0 Å². The smallest absolute Gasteiger partial charge is 0.132 e. The van der Waals surface area contributed by atoms with Crippen LogP contribution in [0.1, 0.15) is 122 Å². The van der Waals surface area contributed by atoms with Gasteiger partial charge in [0, 0.05) is 26.1 Å². The minimum atomic E-state index is 0.327. The quantitative estimate of drug-likeness (QED) is 0.250. The fraction of sp³-hybridized carbons (Fsp3) is 0.955. The van der Waals surface area contributed by atoms with Gasteiger partial charge in [-0.1, -0.05) is 83.5 Å². The Hall–Kier alpha value is -0.410. The second-order valence-electron chi connectivity index (χ2n) is 7.50. The maximum absolute atomic E-state index is 11.8. The van der Waals surface area contributed by atoms with Crippen LogP contribution >= 0.6 is 0 Å². The first kappa shape index (κ1) is 24.6. The molecular weight excluding hydrogens is 312 g/mol. The third-order valence-corrected chi connectivity index (χ3v) is 4.98. The summed E-state index contributed by atoms with van der Waals surface area (Å²) in [5, 5.41) is 17.4. The molecule has 2 N–H and O–H groups in total. The van der Waals surface area contributed by atoms with E-state index in [1.54, 1.807) is 0 Å². The first-order chi connectivity index (χ1) is 12.3. The second-order valence-corrected chi connectivity index (χ2v) is 7.50. The molecule has 0 amide bonds. The van der Waals surface area contributed by atoms with Crippen molar-refractivity contribution in [3.63, 3.8) is 0 Å². The summed E-state index contributed by atoms with van der Waals surface area (Å²) in [5.41, 5.74) is 0. The van der Waals surface area contributed by atoms with E-state index in [1.165, 1.54) is 70.6 Å². The molecule has 0 rings (SSSR count). The molecule has 150 valence electrons. The van der Waals surface area contributed by atoms with Crippen LogP contribution in [0.15, 0.2) is 0 Å². The monoisotopic (exact) mass is 356 g/mol. The Morgan fingerprint density at radius 2 is 0.640 bits per heavy atom. The van der Waals surface area contributed by atoms with Gasteiger partial charge < -0.3 is 10.2 Å². The Morgan fingerprint density at radius 1 is 0.400 bits per heavy atom. The van der Waals surface area contributed by atoms with Gasteiger partial charge in [-0.05, 0) is 25.7 Å². The van der Waals surface area contributed by atoms with Crippen LogP contribution < -0.4 is 0 Å². The number of unbranched alkanes of at least 4 members (excludes halogenated alkanes) is 15. The van der Waals surface area contributed by atoms with Crippen LogP contribution in [0, 0.1) is 0 Å². The lowest BCUT2D eigenvalue weighted by atomic mass is 10.0. The summed E-state index contributed by atoms with van der Waals surface area (Å²) in [6.07, 6.45) is 21.8. The molecule has 0 saturated heterocycles. The molecule has 0 aromatic heterocycles. The molecular formula is C22H44O3. The van der Waals surface area contributed by atoms with E-state index in [0.29, 0.717) is 19.0 Å². The lowest BCUT2D eigenvalue weighted by molar-refractivity contribution is -0.119. The summed E-state index contributed by atoms with van der Waals surface area (Å²) in [6, 6.07) is 0. The van der Waals surface area contributed by atoms with E-state index in [4.69, 9.17) is 10.2 Å². The SMILES string of the molecule is O=C(CCCCCCCCCCO)CCCCCCCCCCCO. The first-order valence-corrected chi connectivity index (χ1v) is 11.0. The van der Waals surface area contributed by atoms with E-state index < -0.39 is 0 Å². The average molecular weight is 357 g/mol. The molecule has 0 radical (unpaired) electrons. The fourth-order valence-electron chi connectivity index (χ4n) is 3.29. The molecule has 0 saturated carbocycles. The normalized spacial score (nSPS) is 11.1. The highest BCUT2D eigenvalue weighted by Gasteiger charge is 2.02. The van der Waals surface area contributed by atoms with E-state index >= 15 is 0 Å². The van der Waals surface area contributed by atoms with Crippen molar-refractivity contribution in [2.75, 3.05) is 13.2 Å². The van der Waals surface area contributed by atoms with Crippen molar-refractivity contribution >= 4 is 5.78 Å². The van der Waals surface area contributed by atoms with Crippen molar-refractivity contribution in [2.45, 2.75) is 122 Å².